The maximum absolute atomic E-state index is 3.69. The summed E-state index contributed by atoms with van der Waals surface area (Å²) < 4.78 is 1.29. The van der Waals surface area contributed by atoms with Gasteiger partial charge in [0.1, 0.15) is 0 Å². The molecule has 15 heavy (non-hydrogen) atoms. The molecule has 0 N–H and O–H groups in total. The van der Waals surface area contributed by atoms with Gasteiger partial charge >= 0.3 is 0 Å². The van der Waals surface area contributed by atoms with Crippen molar-refractivity contribution in [3.63, 3.8) is 0 Å². The van der Waals surface area contributed by atoms with Crippen molar-refractivity contribution in [2.24, 2.45) is 0 Å². The predicted molar refractivity (Wildman–Crippen MR) is 67.9 cm³/mol. The smallest absolute Gasteiger partial charge is 0.0377 e. The molecule has 0 aromatic heterocycles. The average Bonchev–Trinajstić information content (AvgIpc) is 2.82. The standard InChI is InChI=1S/C14H11Br/c15-13-9-11-7-3-4-8-12(11)14(13)10-5-1-2-6-10/h1-5,7-9,14H,6H2. The first-order valence-corrected chi connectivity index (χ1v) is 5.97. The molecule has 74 valence electrons. The lowest BCUT2D eigenvalue weighted by molar-refractivity contribution is 0.966. The van der Waals surface area contributed by atoms with Crippen molar-refractivity contribution < 1.29 is 0 Å². The summed E-state index contributed by atoms with van der Waals surface area (Å²) >= 11 is 3.69. The van der Waals surface area contributed by atoms with Crippen molar-refractivity contribution in [3.05, 3.63) is 63.7 Å². The molecule has 0 bridgehead atoms. The molecule has 0 saturated carbocycles. The van der Waals surface area contributed by atoms with Gasteiger partial charge in [-0.1, -0.05) is 64.0 Å². The van der Waals surface area contributed by atoms with E-state index in [1.165, 1.54) is 21.2 Å². The molecule has 1 aromatic carbocycles. The lowest BCUT2D eigenvalue weighted by Gasteiger charge is -2.14. The van der Waals surface area contributed by atoms with Crippen LogP contribution in [0.4, 0.5) is 0 Å². The van der Waals surface area contributed by atoms with Gasteiger partial charge in [0.15, 0.2) is 0 Å². The molecule has 1 atom stereocenters. The monoisotopic (exact) mass is 258 g/mol. The molecule has 0 amide bonds. The van der Waals surface area contributed by atoms with Crippen LogP contribution in [-0.2, 0) is 0 Å². The molecular weight excluding hydrogens is 248 g/mol. The number of allylic oxidation sites excluding steroid dienone is 5. The van der Waals surface area contributed by atoms with Crippen LogP contribution in [0, 0.1) is 0 Å². The third-order valence-electron chi connectivity index (χ3n) is 3.05. The highest BCUT2D eigenvalue weighted by Gasteiger charge is 2.26. The Kier molecular flexibility index (Phi) is 2.14. The molecule has 2 aliphatic carbocycles. The number of rotatable bonds is 1. The molecular formula is C14H11Br. The molecule has 0 nitrogen and oxygen atoms in total. The maximum atomic E-state index is 3.69. The molecule has 1 unspecified atom stereocenters. The van der Waals surface area contributed by atoms with Gasteiger partial charge in [-0.15, -0.1) is 0 Å². The highest BCUT2D eigenvalue weighted by Crippen LogP contribution is 2.45. The van der Waals surface area contributed by atoms with Crippen LogP contribution in [-0.4, -0.2) is 0 Å². The minimum absolute atomic E-state index is 0.455. The van der Waals surface area contributed by atoms with Crippen LogP contribution in [0.2, 0.25) is 0 Å². The Morgan fingerprint density at radius 2 is 2.07 bits per heavy atom. The first-order valence-electron chi connectivity index (χ1n) is 5.18. The fraction of sp³-hybridized carbons (Fsp3) is 0.143. The van der Waals surface area contributed by atoms with Crippen LogP contribution >= 0.6 is 15.9 Å². The first-order chi connectivity index (χ1) is 7.36. The van der Waals surface area contributed by atoms with E-state index < -0.39 is 0 Å². The van der Waals surface area contributed by atoms with Gasteiger partial charge in [-0.3, -0.25) is 0 Å². The first kappa shape index (κ1) is 9.17. The normalized spacial score (nSPS) is 22.6. The third kappa shape index (κ3) is 1.42. The van der Waals surface area contributed by atoms with E-state index in [1.54, 1.807) is 0 Å². The summed E-state index contributed by atoms with van der Waals surface area (Å²) in [5, 5.41) is 0. The topological polar surface area (TPSA) is 0 Å². The molecule has 1 aromatic rings. The van der Waals surface area contributed by atoms with E-state index in [0.717, 1.165) is 6.42 Å². The van der Waals surface area contributed by atoms with E-state index in [0.29, 0.717) is 5.92 Å². The molecule has 0 saturated heterocycles. The molecule has 0 aliphatic heterocycles. The Hall–Kier alpha value is -1.08. The molecule has 3 rings (SSSR count). The van der Waals surface area contributed by atoms with Crippen molar-refractivity contribution in [1.29, 1.82) is 0 Å². The highest BCUT2D eigenvalue weighted by molar-refractivity contribution is 9.11. The lowest BCUT2D eigenvalue weighted by Crippen LogP contribution is -1.98. The molecule has 2 aliphatic rings. The van der Waals surface area contributed by atoms with Gasteiger partial charge in [0, 0.05) is 10.4 Å². The molecule has 1 heteroatoms. The molecule has 0 spiro atoms. The van der Waals surface area contributed by atoms with E-state index in [4.69, 9.17) is 0 Å². The van der Waals surface area contributed by atoms with E-state index in [1.807, 2.05) is 0 Å². The number of hydrogen-bond donors (Lipinski definition) is 0. The van der Waals surface area contributed by atoms with Gasteiger partial charge in [0.2, 0.25) is 0 Å². The fourth-order valence-electron chi connectivity index (χ4n) is 2.34. The minimum Gasteiger partial charge on any atom is -0.0804 e. The van der Waals surface area contributed by atoms with Crippen LogP contribution in [0.25, 0.3) is 6.08 Å². The van der Waals surface area contributed by atoms with Crippen molar-refractivity contribution in [1.82, 2.24) is 0 Å². The van der Waals surface area contributed by atoms with Crippen LogP contribution in [0.5, 0.6) is 0 Å². The fourth-order valence-corrected chi connectivity index (χ4v) is 3.13. The summed E-state index contributed by atoms with van der Waals surface area (Å²) in [5.41, 5.74) is 4.27. The summed E-state index contributed by atoms with van der Waals surface area (Å²) in [6, 6.07) is 8.62. The zero-order chi connectivity index (χ0) is 10.3. The Bertz CT molecular complexity index is 492. The zero-order valence-electron chi connectivity index (χ0n) is 8.28. The van der Waals surface area contributed by atoms with Gasteiger partial charge < -0.3 is 0 Å². The minimum atomic E-state index is 0.455. The summed E-state index contributed by atoms with van der Waals surface area (Å²) in [6.45, 7) is 0. The quantitative estimate of drug-likeness (QED) is 0.701. The molecule has 0 radical (unpaired) electrons. The Morgan fingerprint density at radius 3 is 2.87 bits per heavy atom. The second-order valence-electron chi connectivity index (χ2n) is 3.97. The van der Waals surface area contributed by atoms with Crippen molar-refractivity contribution >= 4 is 22.0 Å². The van der Waals surface area contributed by atoms with Crippen molar-refractivity contribution in [3.8, 4) is 0 Å². The van der Waals surface area contributed by atoms with Crippen LogP contribution in [0.15, 0.2) is 52.5 Å². The SMILES string of the molecule is BrC1=Cc2ccccc2C1C1=CC=CC1. The number of hydrogen-bond acceptors (Lipinski definition) is 0. The lowest BCUT2D eigenvalue weighted by atomic mass is 9.92. The van der Waals surface area contributed by atoms with Gasteiger partial charge in [-0.25, -0.2) is 0 Å². The summed E-state index contributed by atoms with van der Waals surface area (Å²) in [6.07, 6.45) is 9.93. The van der Waals surface area contributed by atoms with Gasteiger partial charge in [-0.05, 0) is 23.6 Å². The number of benzene rings is 1. The second kappa shape index (κ2) is 3.49. The third-order valence-corrected chi connectivity index (χ3v) is 3.73. The number of fused-ring (bicyclic) bond motifs is 1. The summed E-state index contributed by atoms with van der Waals surface area (Å²) in [4.78, 5) is 0. The largest absolute Gasteiger partial charge is 0.0804 e. The highest BCUT2D eigenvalue weighted by atomic mass is 79.9. The average molecular weight is 259 g/mol. The Morgan fingerprint density at radius 1 is 1.20 bits per heavy atom. The van der Waals surface area contributed by atoms with Gasteiger partial charge in [0.05, 0.1) is 0 Å². The second-order valence-corrected chi connectivity index (χ2v) is 4.88. The van der Waals surface area contributed by atoms with E-state index in [2.05, 4.69) is 64.5 Å². The molecule has 0 fully saturated rings. The maximum Gasteiger partial charge on any atom is 0.0377 e. The van der Waals surface area contributed by atoms with Crippen molar-refractivity contribution in [2.45, 2.75) is 12.3 Å². The van der Waals surface area contributed by atoms with Gasteiger partial charge in [0.25, 0.3) is 0 Å². The van der Waals surface area contributed by atoms with Crippen LogP contribution in [0.1, 0.15) is 23.5 Å². The van der Waals surface area contributed by atoms with Crippen molar-refractivity contribution in [2.75, 3.05) is 0 Å². The number of halogens is 1. The Balaban J connectivity index is 2.07. The summed E-state index contributed by atoms with van der Waals surface area (Å²) in [7, 11) is 0. The van der Waals surface area contributed by atoms with Gasteiger partial charge in [-0.2, -0.15) is 0 Å². The van der Waals surface area contributed by atoms with E-state index in [-0.39, 0.29) is 0 Å². The predicted octanol–water partition coefficient (Wildman–Crippen LogP) is 4.41. The molecule has 0 heterocycles. The Labute approximate surface area is 98.1 Å². The van der Waals surface area contributed by atoms with Crippen LogP contribution in [0.3, 0.4) is 0 Å². The zero-order valence-corrected chi connectivity index (χ0v) is 9.87. The van der Waals surface area contributed by atoms with E-state index >= 15 is 0 Å². The van der Waals surface area contributed by atoms with Crippen LogP contribution < -0.4 is 0 Å². The summed E-state index contributed by atoms with van der Waals surface area (Å²) in [5.74, 6) is 0.455. The van der Waals surface area contributed by atoms with E-state index in [9.17, 15) is 0 Å².